The average Bonchev–Trinajstić information content (AvgIpc) is 2.38. The van der Waals surface area contributed by atoms with E-state index in [0.29, 0.717) is 11.6 Å². The molecule has 5 heteroatoms. The number of hydrogen-bond donors (Lipinski definition) is 1. The van der Waals surface area contributed by atoms with Crippen molar-refractivity contribution in [1.29, 1.82) is 0 Å². The van der Waals surface area contributed by atoms with Crippen molar-refractivity contribution >= 4 is 17.5 Å². The molecule has 0 aliphatic heterocycles. The number of nitrogens with zero attached hydrogens (tertiary/aromatic N) is 2. The molecule has 98 valence electrons. The molecule has 0 bridgehead atoms. The Balaban J connectivity index is 2.14. The van der Waals surface area contributed by atoms with Gasteiger partial charge < -0.3 is 10.0 Å². The standard InChI is InChI=1S/C14H13ClN2O2/c1-17(9-10-3-2-4-11(15)7-10)14(19)12-5-6-16-8-13(12)18/h2-8,18H,9H2,1H3. The Bertz CT molecular complexity index is 602. The molecule has 0 unspecified atom stereocenters. The van der Waals surface area contributed by atoms with E-state index in [-0.39, 0.29) is 17.2 Å². The van der Waals surface area contributed by atoms with Gasteiger partial charge in [0.25, 0.3) is 5.91 Å². The second-order valence-corrected chi connectivity index (χ2v) is 4.62. The molecule has 19 heavy (non-hydrogen) atoms. The van der Waals surface area contributed by atoms with Crippen LogP contribution in [0.15, 0.2) is 42.7 Å². The zero-order chi connectivity index (χ0) is 13.8. The van der Waals surface area contributed by atoms with Crippen LogP contribution in [-0.2, 0) is 6.54 Å². The van der Waals surface area contributed by atoms with Crippen LogP contribution in [0.1, 0.15) is 15.9 Å². The molecule has 2 aromatic rings. The Morgan fingerprint density at radius 2 is 2.21 bits per heavy atom. The van der Waals surface area contributed by atoms with Crippen LogP contribution in [0, 0.1) is 0 Å². The van der Waals surface area contributed by atoms with E-state index in [2.05, 4.69) is 4.98 Å². The Morgan fingerprint density at radius 1 is 1.42 bits per heavy atom. The molecule has 1 N–H and O–H groups in total. The van der Waals surface area contributed by atoms with Crippen LogP contribution in [0.2, 0.25) is 5.02 Å². The Kier molecular flexibility index (Phi) is 4.02. The lowest BCUT2D eigenvalue weighted by molar-refractivity contribution is 0.0782. The number of carbonyl (C=O) groups excluding carboxylic acids is 1. The molecule has 2 rings (SSSR count). The molecule has 1 heterocycles. The van der Waals surface area contributed by atoms with E-state index in [1.807, 2.05) is 12.1 Å². The molecular weight excluding hydrogens is 264 g/mol. The minimum atomic E-state index is -0.264. The third-order valence-electron chi connectivity index (χ3n) is 2.69. The molecule has 0 fully saturated rings. The maximum absolute atomic E-state index is 12.2. The van der Waals surface area contributed by atoms with Crippen molar-refractivity contribution in [3.63, 3.8) is 0 Å². The minimum Gasteiger partial charge on any atom is -0.505 e. The highest BCUT2D eigenvalue weighted by Gasteiger charge is 2.15. The third-order valence-corrected chi connectivity index (χ3v) is 2.92. The lowest BCUT2D eigenvalue weighted by Gasteiger charge is -2.17. The highest BCUT2D eigenvalue weighted by atomic mass is 35.5. The quantitative estimate of drug-likeness (QED) is 0.938. The molecule has 1 amide bonds. The molecule has 1 aromatic heterocycles. The fraction of sp³-hybridized carbons (Fsp3) is 0.143. The average molecular weight is 277 g/mol. The number of aromatic hydroxyl groups is 1. The Morgan fingerprint density at radius 3 is 2.89 bits per heavy atom. The van der Waals surface area contributed by atoms with Crippen molar-refractivity contribution in [3.05, 3.63) is 58.9 Å². The highest BCUT2D eigenvalue weighted by molar-refractivity contribution is 6.30. The molecule has 0 aliphatic rings. The molecule has 0 atom stereocenters. The summed E-state index contributed by atoms with van der Waals surface area (Å²) in [5.74, 6) is -0.384. The highest BCUT2D eigenvalue weighted by Crippen LogP contribution is 2.18. The summed E-state index contributed by atoms with van der Waals surface area (Å²) < 4.78 is 0. The predicted octanol–water partition coefficient (Wildman–Crippen LogP) is 2.71. The Hall–Kier alpha value is -2.07. The number of rotatable bonds is 3. The summed E-state index contributed by atoms with van der Waals surface area (Å²) >= 11 is 5.90. The van der Waals surface area contributed by atoms with Gasteiger partial charge in [-0.2, -0.15) is 0 Å². The predicted molar refractivity (Wildman–Crippen MR) is 73.2 cm³/mol. The number of benzene rings is 1. The van der Waals surface area contributed by atoms with Crippen LogP contribution in [0.3, 0.4) is 0 Å². The largest absolute Gasteiger partial charge is 0.505 e. The van der Waals surface area contributed by atoms with Gasteiger partial charge in [-0.15, -0.1) is 0 Å². The summed E-state index contributed by atoms with van der Waals surface area (Å²) in [5.41, 5.74) is 1.16. The molecule has 4 nitrogen and oxygen atoms in total. The number of aromatic nitrogens is 1. The second-order valence-electron chi connectivity index (χ2n) is 4.18. The van der Waals surface area contributed by atoms with Crippen LogP contribution >= 0.6 is 11.6 Å². The zero-order valence-corrected chi connectivity index (χ0v) is 11.1. The molecule has 0 saturated carbocycles. The lowest BCUT2D eigenvalue weighted by Crippen LogP contribution is -2.26. The third kappa shape index (κ3) is 3.23. The number of pyridine rings is 1. The lowest BCUT2D eigenvalue weighted by atomic mass is 10.2. The van der Waals surface area contributed by atoms with Gasteiger partial charge in [0.05, 0.1) is 11.8 Å². The summed E-state index contributed by atoms with van der Waals surface area (Å²) in [7, 11) is 1.67. The van der Waals surface area contributed by atoms with Gasteiger partial charge in [0.15, 0.2) is 0 Å². The van der Waals surface area contributed by atoms with Crippen LogP contribution < -0.4 is 0 Å². The molecule has 0 spiro atoms. The van der Waals surface area contributed by atoms with Gasteiger partial charge in [0.2, 0.25) is 0 Å². The summed E-state index contributed by atoms with van der Waals surface area (Å²) in [4.78, 5) is 17.4. The minimum absolute atomic E-state index is 0.120. The maximum atomic E-state index is 12.2. The topological polar surface area (TPSA) is 53.4 Å². The van der Waals surface area contributed by atoms with Crippen molar-refractivity contribution < 1.29 is 9.90 Å². The van der Waals surface area contributed by atoms with E-state index in [4.69, 9.17) is 11.6 Å². The summed E-state index contributed by atoms with van der Waals surface area (Å²) in [6.07, 6.45) is 2.72. The van der Waals surface area contributed by atoms with Gasteiger partial charge in [0.1, 0.15) is 5.75 Å². The van der Waals surface area contributed by atoms with E-state index >= 15 is 0 Å². The van der Waals surface area contributed by atoms with Crippen LogP contribution in [0.5, 0.6) is 5.75 Å². The van der Waals surface area contributed by atoms with Crippen LogP contribution in [-0.4, -0.2) is 27.9 Å². The number of amides is 1. The zero-order valence-electron chi connectivity index (χ0n) is 10.4. The van der Waals surface area contributed by atoms with Crippen molar-refractivity contribution in [2.24, 2.45) is 0 Å². The normalized spacial score (nSPS) is 10.2. The SMILES string of the molecule is CN(Cc1cccc(Cl)c1)C(=O)c1ccncc1O. The summed E-state index contributed by atoms with van der Waals surface area (Å²) in [6, 6.07) is 8.80. The summed E-state index contributed by atoms with van der Waals surface area (Å²) in [6.45, 7) is 0.418. The first-order chi connectivity index (χ1) is 9.08. The smallest absolute Gasteiger partial charge is 0.257 e. The van der Waals surface area contributed by atoms with E-state index < -0.39 is 0 Å². The molecule has 0 radical (unpaired) electrons. The number of carbonyl (C=O) groups is 1. The van der Waals surface area contributed by atoms with Crippen molar-refractivity contribution in [3.8, 4) is 5.75 Å². The van der Waals surface area contributed by atoms with Gasteiger partial charge >= 0.3 is 0 Å². The molecular formula is C14H13ClN2O2. The first-order valence-corrected chi connectivity index (χ1v) is 6.08. The van der Waals surface area contributed by atoms with E-state index in [0.717, 1.165) is 5.56 Å². The monoisotopic (exact) mass is 276 g/mol. The van der Waals surface area contributed by atoms with Crippen LogP contribution in [0.4, 0.5) is 0 Å². The fourth-order valence-corrected chi connectivity index (χ4v) is 1.97. The van der Waals surface area contributed by atoms with Crippen molar-refractivity contribution in [2.75, 3.05) is 7.05 Å². The van der Waals surface area contributed by atoms with Gasteiger partial charge in [-0.05, 0) is 23.8 Å². The second kappa shape index (κ2) is 5.71. The van der Waals surface area contributed by atoms with Crippen LogP contribution in [0.25, 0.3) is 0 Å². The van der Waals surface area contributed by atoms with E-state index in [9.17, 15) is 9.90 Å². The molecule has 0 saturated heterocycles. The molecule has 1 aromatic carbocycles. The first kappa shape index (κ1) is 13.4. The van der Waals surface area contributed by atoms with E-state index in [1.54, 1.807) is 19.2 Å². The Labute approximate surface area is 116 Å². The van der Waals surface area contributed by atoms with Gasteiger partial charge in [-0.25, -0.2) is 0 Å². The first-order valence-electron chi connectivity index (χ1n) is 5.71. The summed E-state index contributed by atoms with van der Waals surface area (Å²) in [5, 5.41) is 10.2. The van der Waals surface area contributed by atoms with E-state index in [1.165, 1.54) is 23.4 Å². The fourth-order valence-electron chi connectivity index (χ4n) is 1.75. The van der Waals surface area contributed by atoms with Gasteiger partial charge in [-0.1, -0.05) is 23.7 Å². The molecule has 0 aliphatic carbocycles. The number of halogens is 1. The van der Waals surface area contributed by atoms with Gasteiger partial charge in [-0.3, -0.25) is 9.78 Å². The number of hydrogen-bond acceptors (Lipinski definition) is 3. The van der Waals surface area contributed by atoms with Crippen molar-refractivity contribution in [2.45, 2.75) is 6.54 Å². The maximum Gasteiger partial charge on any atom is 0.257 e. The van der Waals surface area contributed by atoms with Crippen molar-refractivity contribution in [1.82, 2.24) is 9.88 Å². The van der Waals surface area contributed by atoms with Gasteiger partial charge in [0, 0.05) is 24.8 Å².